The lowest BCUT2D eigenvalue weighted by Gasteiger charge is -2.32. The van der Waals surface area contributed by atoms with Crippen molar-refractivity contribution in [3.05, 3.63) is 46.7 Å². The molecule has 0 radical (unpaired) electrons. The molecular formula is C23H29BrN2O3S. The number of hydrogen-bond acceptors (Lipinski definition) is 4. The summed E-state index contributed by atoms with van der Waals surface area (Å²) in [5.41, 5.74) is 0.681. The molecule has 0 bridgehead atoms. The molecule has 1 aliphatic carbocycles. The third-order valence-corrected chi connectivity index (χ3v) is 6.65. The van der Waals surface area contributed by atoms with Crippen molar-refractivity contribution in [1.82, 2.24) is 5.32 Å². The van der Waals surface area contributed by atoms with Crippen molar-refractivity contribution in [3.63, 3.8) is 0 Å². The lowest BCUT2D eigenvalue weighted by Crippen LogP contribution is -2.47. The number of thiophene rings is 1. The van der Waals surface area contributed by atoms with Crippen LogP contribution >= 0.6 is 27.3 Å². The van der Waals surface area contributed by atoms with Crippen LogP contribution in [0.15, 0.2) is 41.8 Å². The van der Waals surface area contributed by atoms with Crippen molar-refractivity contribution in [2.45, 2.75) is 57.5 Å². The van der Waals surface area contributed by atoms with E-state index in [0.29, 0.717) is 12.3 Å². The highest BCUT2D eigenvalue weighted by Crippen LogP contribution is 2.32. The average Bonchev–Trinajstić information content (AvgIpc) is 3.31. The van der Waals surface area contributed by atoms with Crippen molar-refractivity contribution in [3.8, 4) is 5.75 Å². The van der Waals surface area contributed by atoms with Gasteiger partial charge in [0, 0.05) is 16.6 Å². The highest BCUT2D eigenvalue weighted by molar-refractivity contribution is 9.09. The molecule has 3 rings (SSSR count). The summed E-state index contributed by atoms with van der Waals surface area (Å²) in [6.45, 7) is 2.70. The molecule has 1 aromatic carbocycles. The predicted octanol–water partition coefficient (Wildman–Crippen LogP) is 5.46. The molecule has 1 unspecified atom stereocenters. The first kappa shape index (κ1) is 22.8. The standard InChI is InChI=1S/C23H29BrN2O3S/c1-2-14-29-19-12-10-18(11-13-19)26(21(27)16-24)22(20-9-6-15-30-20)23(28)25-17-7-4-3-5-8-17/h6,9-13,15,17,22H,2-5,7-8,14,16H2,1H3,(H,25,28). The second-order valence-electron chi connectivity index (χ2n) is 7.50. The van der Waals surface area contributed by atoms with Crippen LogP contribution in [0.25, 0.3) is 0 Å². The van der Waals surface area contributed by atoms with Crippen molar-refractivity contribution in [1.29, 1.82) is 0 Å². The van der Waals surface area contributed by atoms with Crippen molar-refractivity contribution in [2.24, 2.45) is 0 Å². The van der Waals surface area contributed by atoms with E-state index in [-0.39, 0.29) is 23.2 Å². The Bertz CT molecular complexity index is 804. The Hall–Kier alpha value is -1.86. The van der Waals surface area contributed by atoms with E-state index >= 15 is 0 Å². The number of carbonyl (C=O) groups is 2. The van der Waals surface area contributed by atoms with Crippen LogP contribution in [0.1, 0.15) is 56.4 Å². The summed E-state index contributed by atoms with van der Waals surface area (Å²) in [6, 6.07) is 10.7. The molecule has 30 heavy (non-hydrogen) atoms. The van der Waals surface area contributed by atoms with Gasteiger partial charge in [-0.15, -0.1) is 11.3 Å². The molecule has 1 atom stereocenters. The lowest BCUT2D eigenvalue weighted by molar-refractivity contribution is -0.126. The molecule has 2 aromatic rings. The molecule has 1 fully saturated rings. The number of carbonyl (C=O) groups excluding carboxylic acids is 2. The number of nitrogens with one attached hydrogen (secondary N) is 1. The van der Waals surface area contributed by atoms with Crippen molar-refractivity contribution >= 4 is 44.8 Å². The number of alkyl halides is 1. The van der Waals surface area contributed by atoms with E-state index in [1.807, 2.05) is 41.8 Å². The molecule has 0 spiro atoms. The average molecular weight is 493 g/mol. The number of hydrogen-bond donors (Lipinski definition) is 1. The van der Waals surface area contributed by atoms with Gasteiger partial charge in [0.2, 0.25) is 11.8 Å². The van der Waals surface area contributed by atoms with Crippen LogP contribution in [0.4, 0.5) is 5.69 Å². The first-order valence-electron chi connectivity index (χ1n) is 10.6. The maximum Gasteiger partial charge on any atom is 0.248 e. The highest BCUT2D eigenvalue weighted by Gasteiger charge is 2.34. The fourth-order valence-electron chi connectivity index (χ4n) is 3.77. The van der Waals surface area contributed by atoms with Crippen LogP contribution < -0.4 is 15.0 Å². The minimum absolute atomic E-state index is 0.120. The summed E-state index contributed by atoms with van der Waals surface area (Å²) in [5, 5.41) is 5.29. The first-order chi connectivity index (χ1) is 14.6. The van der Waals surface area contributed by atoms with Gasteiger partial charge in [-0.1, -0.05) is 48.2 Å². The van der Waals surface area contributed by atoms with Gasteiger partial charge >= 0.3 is 0 Å². The molecule has 0 aliphatic heterocycles. The van der Waals surface area contributed by atoms with E-state index in [0.717, 1.165) is 42.7 Å². The van der Waals surface area contributed by atoms with Gasteiger partial charge in [-0.2, -0.15) is 0 Å². The maximum atomic E-state index is 13.4. The third kappa shape index (κ3) is 5.85. The number of rotatable bonds is 9. The minimum Gasteiger partial charge on any atom is -0.494 e. The Kier molecular flexibility index (Phi) is 8.75. The smallest absolute Gasteiger partial charge is 0.248 e. The SMILES string of the molecule is CCCOc1ccc(N(C(=O)CBr)C(C(=O)NC2CCCCC2)c2cccs2)cc1. The van der Waals surface area contributed by atoms with E-state index < -0.39 is 6.04 Å². The Morgan fingerprint density at radius 1 is 1.20 bits per heavy atom. The van der Waals surface area contributed by atoms with Gasteiger partial charge < -0.3 is 10.1 Å². The van der Waals surface area contributed by atoms with Crippen LogP contribution in [0.2, 0.25) is 0 Å². The number of ether oxygens (including phenoxy) is 1. The van der Waals surface area contributed by atoms with E-state index in [1.54, 1.807) is 4.90 Å². The number of halogens is 1. The van der Waals surface area contributed by atoms with Crippen LogP contribution in [0, 0.1) is 0 Å². The summed E-state index contributed by atoms with van der Waals surface area (Å²) >= 11 is 4.79. The first-order valence-corrected chi connectivity index (χ1v) is 12.6. The summed E-state index contributed by atoms with van der Waals surface area (Å²) < 4.78 is 5.67. The summed E-state index contributed by atoms with van der Waals surface area (Å²) in [4.78, 5) is 28.8. The van der Waals surface area contributed by atoms with Crippen LogP contribution in [-0.4, -0.2) is 29.8 Å². The van der Waals surface area contributed by atoms with Gasteiger partial charge in [-0.3, -0.25) is 14.5 Å². The number of amides is 2. The predicted molar refractivity (Wildman–Crippen MR) is 126 cm³/mol. The van der Waals surface area contributed by atoms with E-state index in [2.05, 4.69) is 28.2 Å². The summed E-state index contributed by atoms with van der Waals surface area (Å²) in [6.07, 6.45) is 6.42. The quantitative estimate of drug-likeness (QED) is 0.473. The fourth-order valence-corrected chi connectivity index (χ4v) is 4.85. The lowest BCUT2D eigenvalue weighted by atomic mass is 9.95. The highest BCUT2D eigenvalue weighted by atomic mass is 79.9. The molecule has 0 saturated heterocycles. The zero-order chi connectivity index (χ0) is 21.3. The molecule has 5 nitrogen and oxygen atoms in total. The second-order valence-corrected chi connectivity index (χ2v) is 9.04. The zero-order valence-electron chi connectivity index (χ0n) is 17.3. The van der Waals surface area contributed by atoms with E-state index in [4.69, 9.17) is 4.74 Å². The van der Waals surface area contributed by atoms with Crippen LogP contribution in [0.5, 0.6) is 5.75 Å². The molecule has 1 saturated carbocycles. The van der Waals surface area contributed by atoms with Gasteiger partial charge in [-0.05, 0) is 55.0 Å². The van der Waals surface area contributed by atoms with Gasteiger partial charge in [0.1, 0.15) is 11.8 Å². The van der Waals surface area contributed by atoms with Crippen LogP contribution in [0.3, 0.4) is 0 Å². The molecule has 1 aromatic heterocycles. The van der Waals surface area contributed by atoms with Crippen molar-refractivity contribution in [2.75, 3.05) is 16.8 Å². The summed E-state index contributed by atoms with van der Waals surface area (Å²) in [7, 11) is 0. The topological polar surface area (TPSA) is 58.6 Å². The molecule has 1 aliphatic rings. The van der Waals surface area contributed by atoms with E-state index in [9.17, 15) is 9.59 Å². The van der Waals surface area contributed by atoms with Gasteiger partial charge in [-0.25, -0.2) is 0 Å². The summed E-state index contributed by atoms with van der Waals surface area (Å²) in [5.74, 6) is 0.477. The number of nitrogens with zero attached hydrogens (tertiary/aromatic N) is 1. The largest absolute Gasteiger partial charge is 0.494 e. The van der Waals surface area contributed by atoms with Gasteiger partial charge in [0.15, 0.2) is 0 Å². The molecule has 1 N–H and O–H groups in total. The van der Waals surface area contributed by atoms with Gasteiger partial charge in [0.05, 0.1) is 11.9 Å². The van der Waals surface area contributed by atoms with Gasteiger partial charge in [0.25, 0.3) is 0 Å². The van der Waals surface area contributed by atoms with E-state index in [1.165, 1.54) is 17.8 Å². The Labute approximate surface area is 190 Å². The monoisotopic (exact) mass is 492 g/mol. The normalized spacial score (nSPS) is 15.4. The second kappa shape index (κ2) is 11.5. The van der Waals surface area contributed by atoms with Crippen molar-refractivity contribution < 1.29 is 14.3 Å². The van der Waals surface area contributed by atoms with Crippen LogP contribution in [-0.2, 0) is 9.59 Å². The molecule has 2 amide bonds. The molecule has 7 heteroatoms. The number of anilines is 1. The third-order valence-electron chi connectivity index (χ3n) is 5.24. The fraction of sp³-hybridized carbons (Fsp3) is 0.478. The molecular weight excluding hydrogens is 464 g/mol. The zero-order valence-corrected chi connectivity index (χ0v) is 19.7. The minimum atomic E-state index is -0.695. The number of benzene rings is 1. The Morgan fingerprint density at radius 2 is 1.93 bits per heavy atom. The maximum absolute atomic E-state index is 13.4. The Morgan fingerprint density at radius 3 is 2.53 bits per heavy atom. The molecule has 1 heterocycles. The molecule has 162 valence electrons. The Balaban J connectivity index is 1.90.